The zero-order chi connectivity index (χ0) is 9.44. The first-order valence-electron chi connectivity index (χ1n) is 2.43. The zero-order valence-corrected chi connectivity index (χ0v) is 6.36. The summed E-state index contributed by atoms with van der Waals surface area (Å²) < 4.78 is 0. The van der Waals surface area contributed by atoms with Crippen molar-refractivity contribution in [3.63, 3.8) is 0 Å². The number of carboxylic acids is 1. The van der Waals surface area contributed by atoms with Crippen LogP contribution in [-0.2, 0) is 4.79 Å². The number of hydrogen-bond acceptors (Lipinski definition) is 4. The van der Waals surface area contributed by atoms with Gasteiger partial charge >= 0.3 is 12.1 Å². The van der Waals surface area contributed by atoms with E-state index in [1.54, 1.807) is 0 Å². The normalized spacial score (nSPS) is 10.7. The van der Waals surface area contributed by atoms with Crippen molar-refractivity contribution in [1.29, 1.82) is 0 Å². The Labute approximate surface area is 68.0 Å². The minimum atomic E-state index is -1.83. The summed E-state index contributed by atoms with van der Waals surface area (Å²) in [5.74, 6) is -0.815. The monoisotopic (exact) mass is 183 g/mol. The molecule has 0 radical (unpaired) electrons. The smallest absolute Gasteiger partial charge is 0.480 e. The van der Waals surface area contributed by atoms with E-state index in [1.807, 2.05) is 0 Å². The molecule has 0 spiro atoms. The highest BCUT2D eigenvalue weighted by Gasteiger charge is 2.06. The van der Waals surface area contributed by atoms with Crippen LogP contribution in [0, 0.1) is 0 Å². The van der Waals surface area contributed by atoms with E-state index < -0.39 is 18.2 Å². The van der Waals surface area contributed by atoms with Crippen LogP contribution in [0.3, 0.4) is 0 Å². The fourth-order valence-electron chi connectivity index (χ4n) is 0.0781. The summed E-state index contributed by atoms with van der Waals surface area (Å²) in [7, 11) is 0. The molecule has 7 heteroatoms. The molecule has 0 aromatic heterocycles. The molecule has 5 N–H and O–H groups in total. The molecule has 0 bridgehead atoms. The third-order valence-corrected chi connectivity index (χ3v) is 0.907. The zero-order valence-electron chi connectivity index (χ0n) is 5.47. The van der Waals surface area contributed by atoms with Gasteiger partial charge in [0.1, 0.15) is 6.04 Å². The molecule has 11 heavy (non-hydrogen) atoms. The molecule has 0 aromatic carbocycles. The van der Waals surface area contributed by atoms with Crippen molar-refractivity contribution in [1.82, 2.24) is 0 Å². The SMILES string of the molecule is N[C@@H](CS)C(=O)O.O=C(O)O. The van der Waals surface area contributed by atoms with Crippen molar-refractivity contribution in [2.24, 2.45) is 5.73 Å². The van der Waals surface area contributed by atoms with E-state index in [9.17, 15) is 4.79 Å². The minimum Gasteiger partial charge on any atom is -0.480 e. The molecule has 0 heterocycles. The fraction of sp³-hybridized carbons (Fsp3) is 0.500. The minimum absolute atomic E-state index is 0.190. The van der Waals surface area contributed by atoms with Gasteiger partial charge in [0, 0.05) is 5.75 Å². The first-order chi connectivity index (χ1) is 4.91. The highest BCUT2D eigenvalue weighted by atomic mass is 32.1. The summed E-state index contributed by atoms with van der Waals surface area (Å²) in [6, 6.07) is -0.816. The summed E-state index contributed by atoms with van der Waals surface area (Å²) in [5.41, 5.74) is 4.94. The van der Waals surface area contributed by atoms with E-state index >= 15 is 0 Å². The second-order valence-corrected chi connectivity index (χ2v) is 1.78. The second-order valence-electron chi connectivity index (χ2n) is 1.41. The van der Waals surface area contributed by atoms with Crippen LogP contribution >= 0.6 is 12.6 Å². The van der Waals surface area contributed by atoms with Crippen molar-refractivity contribution in [2.75, 3.05) is 5.75 Å². The predicted octanol–water partition coefficient (Wildman–Crippen LogP) is -0.449. The second kappa shape index (κ2) is 7.16. The van der Waals surface area contributed by atoms with Crippen LogP contribution in [0.2, 0.25) is 0 Å². The van der Waals surface area contributed by atoms with Crippen LogP contribution in [0.4, 0.5) is 4.79 Å². The number of aliphatic carboxylic acids is 1. The molecule has 0 aliphatic carbocycles. The van der Waals surface area contributed by atoms with Crippen LogP contribution < -0.4 is 5.73 Å². The molecule has 0 saturated carbocycles. The maximum atomic E-state index is 9.76. The molecule has 0 rings (SSSR count). The summed E-state index contributed by atoms with van der Waals surface area (Å²) in [6.07, 6.45) is -1.83. The van der Waals surface area contributed by atoms with Crippen molar-refractivity contribution in [2.45, 2.75) is 6.04 Å². The number of rotatable bonds is 2. The van der Waals surface area contributed by atoms with E-state index in [0.717, 1.165) is 0 Å². The van der Waals surface area contributed by atoms with Crippen LogP contribution in [0.5, 0.6) is 0 Å². The fourth-order valence-corrected chi connectivity index (χ4v) is 0.234. The Morgan fingerprint density at radius 2 is 1.64 bits per heavy atom. The Hall–Kier alpha value is -0.950. The van der Waals surface area contributed by atoms with Gasteiger partial charge in [-0.15, -0.1) is 0 Å². The Kier molecular flexibility index (Phi) is 8.27. The molecule has 6 nitrogen and oxygen atoms in total. The predicted molar refractivity (Wildman–Crippen MR) is 40.1 cm³/mol. The lowest BCUT2D eigenvalue weighted by molar-refractivity contribution is -0.137. The number of carbonyl (C=O) groups is 2. The van der Waals surface area contributed by atoms with E-state index in [4.69, 9.17) is 25.8 Å². The third-order valence-electron chi connectivity index (χ3n) is 0.514. The van der Waals surface area contributed by atoms with Gasteiger partial charge in [0.2, 0.25) is 0 Å². The maximum Gasteiger partial charge on any atom is 0.503 e. The Morgan fingerprint density at radius 1 is 1.36 bits per heavy atom. The number of thiol groups is 1. The van der Waals surface area contributed by atoms with E-state index in [1.165, 1.54) is 0 Å². The van der Waals surface area contributed by atoms with Gasteiger partial charge in [0.25, 0.3) is 0 Å². The Balaban J connectivity index is 0. The van der Waals surface area contributed by atoms with Gasteiger partial charge in [-0.1, -0.05) is 0 Å². The van der Waals surface area contributed by atoms with Crippen LogP contribution in [0.1, 0.15) is 0 Å². The lowest BCUT2D eigenvalue weighted by Gasteiger charge is -1.96. The van der Waals surface area contributed by atoms with Crippen LogP contribution in [0.15, 0.2) is 0 Å². The Morgan fingerprint density at radius 3 is 1.64 bits per heavy atom. The van der Waals surface area contributed by atoms with Crippen molar-refractivity contribution in [3.8, 4) is 0 Å². The first kappa shape index (κ1) is 12.7. The molecule has 0 aliphatic heterocycles. The molecule has 0 amide bonds. The molecule has 0 aliphatic rings. The molecular weight excluding hydrogens is 174 g/mol. The summed E-state index contributed by atoms with van der Waals surface area (Å²) in [6.45, 7) is 0. The van der Waals surface area contributed by atoms with Gasteiger partial charge in [-0.2, -0.15) is 12.6 Å². The standard InChI is InChI=1S/C3H7NO2S.CH2O3/c4-2(1-7)3(5)6;2-1(3)4/h2,7H,1,4H2,(H,5,6);(H2,2,3,4)/t2-;/m0./s1. The highest BCUT2D eigenvalue weighted by molar-refractivity contribution is 7.80. The number of nitrogens with two attached hydrogens (primary N) is 1. The van der Waals surface area contributed by atoms with Gasteiger partial charge < -0.3 is 21.1 Å². The molecule has 0 aromatic rings. The summed E-state index contributed by atoms with van der Waals surface area (Å²) >= 11 is 3.65. The van der Waals surface area contributed by atoms with Crippen LogP contribution in [-0.4, -0.2) is 39.2 Å². The molecule has 66 valence electrons. The van der Waals surface area contributed by atoms with Crippen LogP contribution in [0.25, 0.3) is 0 Å². The van der Waals surface area contributed by atoms with E-state index in [-0.39, 0.29) is 5.75 Å². The van der Waals surface area contributed by atoms with Gasteiger partial charge in [0.05, 0.1) is 0 Å². The first-order valence-corrected chi connectivity index (χ1v) is 3.06. The molecular formula is C4H9NO5S. The van der Waals surface area contributed by atoms with Crippen molar-refractivity contribution in [3.05, 3.63) is 0 Å². The molecule has 0 saturated heterocycles. The average molecular weight is 183 g/mol. The summed E-state index contributed by atoms with van der Waals surface area (Å²) in [5, 5.41) is 22.0. The van der Waals surface area contributed by atoms with Gasteiger partial charge in [-0.05, 0) is 0 Å². The quantitative estimate of drug-likeness (QED) is 0.370. The number of carboxylic acid groups (broad SMARTS) is 3. The van der Waals surface area contributed by atoms with Gasteiger partial charge in [0.15, 0.2) is 0 Å². The summed E-state index contributed by atoms with van der Waals surface area (Å²) in [4.78, 5) is 18.3. The van der Waals surface area contributed by atoms with Gasteiger partial charge in [-0.25, -0.2) is 4.79 Å². The average Bonchev–Trinajstić information content (AvgIpc) is 1.85. The lowest BCUT2D eigenvalue weighted by atomic mass is 10.4. The molecule has 1 atom stereocenters. The third kappa shape index (κ3) is 17.6. The number of hydrogen-bond donors (Lipinski definition) is 5. The lowest BCUT2D eigenvalue weighted by Crippen LogP contribution is -2.31. The largest absolute Gasteiger partial charge is 0.503 e. The topological polar surface area (TPSA) is 121 Å². The van der Waals surface area contributed by atoms with Crippen molar-refractivity contribution < 1.29 is 24.9 Å². The van der Waals surface area contributed by atoms with Gasteiger partial charge in [-0.3, -0.25) is 4.79 Å². The Bertz CT molecular complexity index is 134. The molecule has 0 fully saturated rings. The van der Waals surface area contributed by atoms with E-state index in [0.29, 0.717) is 0 Å². The highest BCUT2D eigenvalue weighted by Crippen LogP contribution is 1.80. The molecule has 0 unspecified atom stereocenters. The van der Waals surface area contributed by atoms with E-state index in [2.05, 4.69) is 12.6 Å². The van der Waals surface area contributed by atoms with Crippen molar-refractivity contribution >= 4 is 24.8 Å². The maximum absolute atomic E-state index is 9.76.